The normalized spacial score (nSPS) is 14.0. The Morgan fingerprint density at radius 3 is 2.84 bits per heavy atom. The average molecular weight is 342 g/mol. The van der Waals surface area contributed by atoms with Gasteiger partial charge in [0.05, 0.1) is 29.6 Å². The van der Waals surface area contributed by atoms with E-state index in [1.165, 1.54) is 23.9 Å². The van der Waals surface area contributed by atoms with Gasteiger partial charge in [-0.1, -0.05) is 0 Å². The van der Waals surface area contributed by atoms with Crippen molar-refractivity contribution in [1.29, 1.82) is 0 Å². The number of benzene rings is 1. The average Bonchev–Trinajstić information content (AvgIpc) is 3.39. The van der Waals surface area contributed by atoms with Crippen molar-refractivity contribution in [2.75, 3.05) is 7.11 Å². The number of carbonyl (C=O) groups is 1. The lowest BCUT2D eigenvalue weighted by atomic mass is 10.1. The standard InChI is InChI=1S/C15H14N6O4/c1-25-14(23)8-2-5-11-10(6-8)13(22)17-12(16-11)7-20-15(24)21(19-18-20)9-3-4-9/h2,5-6,9H,3-4,7H2,1H3,(H,16,17,22). The summed E-state index contributed by atoms with van der Waals surface area (Å²) in [7, 11) is 1.27. The molecule has 2 aromatic heterocycles. The van der Waals surface area contributed by atoms with E-state index in [9.17, 15) is 14.4 Å². The number of aromatic nitrogens is 6. The summed E-state index contributed by atoms with van der Waals surface area (Å²) in [5, 5.41) is 7.93. The summed E-state index contributed by atoms with van der Waals surface area (Å²) in [6.07, 6.45) is 1.85. The van der Waals surface area contributed by atoms with Crippen LogP contribution in [0.25, 0.3) is 10.9 Å². The zero-order valence-corrected chi connectivity index (χ0v) is 13.3. The Morgan fingerprint density at radius 1 is 1.32 bits per heavy atom. The first-order chi connectivity index (χ1) is 12.1. The third-order valence-electron chi connectivity index (χ3n) is 4.03. The van der Waals surface area contributed by atoms with Gasteiger partial charge in [0.1, 0.15) is 12.4 Å². The summed E-state index contributed by atoms with van der Waals surface area (Å²) in [6.45, 7) is 0.00941. The van der Waals surface area contributed by atoms with Crippen molar-refractivity contribution >= 4 is 16.9 Å². The van der Waals surface area contributed by atoms with Crippen molar-refractivity contribution in [1.82, 2.24) is 29.8 Å². The van der Waals surface area contributed by atoms with Crippen LogP contribution in [-0.2, 0) is 11.3 Å². The molecule has 1 saturated carbocycles. The molecule has 1 aliphatic rings. The summed E-state index contributed by atoms with van der Waals surface area (Å²) in [5.41, 5.74) is -0.0626. The number of hydrogen-bond acceptors (Lipinski definition) is 7. The van der Waals surface area contributed by atoms with E-state index in [-0.39, 0.29) is 35.1 Å². The lowest BCUT2D eigenvalue weighted by Crippen LogP contribution is -2.26. The van der Waals surface area contributed by atoms with Gasteiger partial charge < -0.3 is 9.72 Å². The highest BCUT2D eigenvalue weighted by atomic mass is 16.5. The van der Waals surface area contributed by atoms with Crippen LogP contribution in [0.1, 0.15) is 35.1 Å². The van der Waals surface area contributed by atoms with Gasteiger partial charge in [-0.15, -0.1) is 0 Å². The van der Waals surface area contributed by atoms with Crippen LogP contribution >= 0.6 is 0 Å². The fourth-order valence-electron chi connectivity index (χ4n) is 2.58. The van der Waals surface area contributed by atoms with E-state index in [4.69, 9.17) is 0 Å². The Kier molecular flexibility index (Phi) is 3.45. The van der Waals surface area contributed by atoms with Crippen LogP contribution in [-0.4, -0.2) is 42.8 Å². The molecule has 128 valence electrons. The monoisotopic (exact) mass is 342 g/mol. The lowest BCUT2D eigenvalue weighted by molar-refractivity contribution is 0.0601. The molecule has 1 N–H and O–H groups in total. The van der Waals surface area contributed by atoms with E-state index in [1.54, 1.807) is 6.07 Å². The van der Waals surface area contributed by atoms with Gasteiger partial charge in [0.2, 0.25) is 0 Å². The third kappa shape index (κ3) is 2.71. The SMILES string of the molecule is COC(=O)c1ccc2nc(Cn3nnn(C4CC4)c3=O)[nH]c(=O)c2c1. The molecular weight excluding hydrogens is 328 g/mol. The van der Waals surface area contributed by atoms with Crippen LogP contribution in [0.4, 0.5) is 0 Å². The van der Waals surface area contributed by atoms with Gasteiger partial charge in [-0.05, 0) is 41.5 Å². The summed E-state index contributed by atoms with van der Waals surface area (Å²) < 4.78 is 7.15. The maximum absolute atomic E-state index is 12.3. The van der Waals surface area contributed by atoms with Crippen LogP contribution < -0.4 is 11.2 Å². The molecule has 0 radical (unpaired) electrons. The Balaban J connectivity index is 1.70. The molecule has 25 heavy (non-hydrogen) atoms. The number of esters is 1. The number of H-pyrrole nitrogens is 1. The molecule has 0 amide bonds. The molecule has 0 aliphatic heterocycles. The van der Waals surface area contributed by atoms with Crippen LogP contribution in [0, 0.1) is 0 Å². The molecule has 2 heterocycles. The van der Waals surface area contributed by atoms with Gasteiger partial charge in [-0.2, -0.15) is 9.36 Å². The van der Waals surface area contributed by atoms with E-state index in [0.29, 0.717) is 5.52 Å². The highest BCUT2D eigenvalue weighted by molar-refractivity contribution is 5.94. The summed E-state index contributed by atoms with van der Waals surface area (Å²) in [6, 6.07) is 4.64. The second-order valence-electron chi connectivity index (χ2n) is 5.83. The molecule has 0 unspecified atom stereocenters. The van der Waals surface area contributed by atoms with E-state index >= 15 is 0 Å². The topological polar surface area (TPSA) is 125 Å². The first-order valence-corrected chi connectivity index (χ1v) is 7.70. The molecule has 0 spiro atoms. The van der Waals surface area contributed by atoms with Gasteiger partial charge in [0, 0.05) is 0 Å². The number of ether oxygens (including phenoxy) is 1. The van der Waals surface area contributed by atoms with Crippen molar-refractivity contribution in [3.63, 3.8) is 0 Å². The highest BCUT2D eigenvalue weighted by Gasteiger charge is 2.28. The molecule has 0 bridgehead atoms. The third-order valence-corrected chi connectivity index (χ3v) is 4.03. The first kappa shape index (κ1) is 15.2. The number of hydrogen-bond donors (Lipinski definition) is 1. The van der Waals surface area contributed by atoms with Crippen molar-refractivity contribution in [2.45, 2.75) is 25.4 Å². The number of nitrogens with zero attached hydrogens (tertiary/aromatic N) is 5. The molecule has 1 fully saturated rings. The number of rotatable bonds is 4. The number of methoxy groups -OCH3 is 1. The van der Waals surface area contributed by atoms with Crippen LogP contribution in [0.2, 0.25) is 0 Å². The number of aromatic amines is 1. The Hall–Kier alpha value is -3.30. The van der Waals surface area contributed by atoms with Gasteiger partial charge in [0.15, 0.2) is 0 Å². The number of tetrazole rings is 1. The van der Waals surface area contributed by atoms with Gasteiger partial charge >= 0.3 is 11.7 Å². The fourth-order valence-corrected chi connectivity index (χ4v) is 2.58. The fraction of sp³-hybridized carbons (Fsp3) is 0.333. The quantitative estimate of drug-likeness (QED) is 0.653. The Morgan fingerprint density at radius 2 is 2.12 bits per heavy atom. The summed E-state index contributed by atoms with van der Waals surface area (Å²) in [4.78, 5) is 43.0. The predicted molar refractivity (Wildman–Crippen MR) is 85.4 cm³/mol. The second kappa shape index (κ2) is 5.65. The summed E-state index contributed by atoms with van der Waals surface area (Å²) >= 11 is 0. The van der Waals surface area contributed by atoms with E-state index in [0.717, 1.165) is 17.5 Å². The van der Waals surface area contributed by atoms with Crippen molar-refractivity contribution in [3.05, 3.63) is 50.4 Å². The van der Waals surface area contributed by atoms with Crippen molar-refractivity contribution < 1.29 is 9.53 Å². The smallest absolute Gasteiger partial charge is 0.364 e. The van der Waals surface area contributed by atoms with Crippen LogP contribution in [0.15, 0.2) is 27.8 Å². The minimum Gasteiger partial charge on any atom is -0.465 e. The molecular formula is C15H14N6O4. The zero-order valence-electron chi connectivity index (χ0n) is 13.3. The maximum atomic E-state index is 12.3. The number of carbonyl (C=O) groups excluding carboxylic acids is 1. The second-order valence-corrected chi connectivity index (χ2v) is 5.83. The summed E-state index contributed by atoms with van der Waals surface area (Å²) in [5.74, 6) is -0.248. The molecule has 0 atom stereocenters. The highest BCUT2D eigenvalue weighted by Crippen LogP contribution is 2.32. The molecule has 10 nitrogen and oxygen atoms in total. The van der Waals surface area contributed by atoms with Crippen molar-refractivity contribution in [3.8, 4) is 0 Å². The minimum absolute atomic E-state index is 0.00941. The van der Waals surface area contributed by atoms with E-state index in [2.05, 4.69) is 25.1 Å². The van der Waals surface area contributed by atoms with E-state index in [1.807, 2.05) is 0 Å². The predicted octanol–water partition coefficient (Wildman–Crippen LogP) is -0.154. The van der Waals surface area contributed by atoms with Gasteiger partial charge in [-0.25, -0.2) is 14.6 Å². The first-order valence-electron chi connectivity index (χ1n) is 7.70. The lowest BCUT2D eigenvalue weighted by Gasteiger charge is -2.04. The minimum atomic E-state index is -0.534. The number of fused-ring (bicyclic) bond motifs is 1. The molecule has 3 aromatic rings. The number of nitrogens with one attached hydrogen (secondary N) is 1. The van der Waals surface area contributed by atoms with Crippen LogP contribution in [0.5, 0.6) is 0 Å². The Bertz CT molecular complexity index is 1090. The van der Waals surface area contributed by atoms with Crippen LogP contribution in [0.3, 0.4) is 0 Å². The van der Waals surface area contributed by atoms with Gasteiger partial charge in [-0.3, -0.25) is 4.79 Å². The van der Waals surface area contributed by atoms with E-state index < -0.39 is 11.5 Å². The molecule has 1 aliphatic carbocycles. The molecule has 4 rings (SSSR count). The Labute approximate surface area is 140 Å². The zero-order chi connectivity index (χ0) is 17.6. The molecule has 10 heteroatoms. The molecule has 0 saturated heterocycles. The van der Waals surface area contributed by atoms with Gasteiger partial charge in [0.25, 0.3) is 5.56 Å². The maximum Gasteiger partial charge on any atom is 0.364 e. The van der Waals surface area contributed by atoms with Crippen molar-refractivity contribution in [2.24, 2.45) is 0 Å². The molecule has 1 aromatic carbocycles. The largest absolute Gasteiger partial charge is 0.465 e.